The van der Waals surface area contributed by atoms with Gasteiger partial charge in [-0.05, 0) is 37.0 Å². The summed E-state index contributed by atoms with van der Waals surface area (Å²) in [5.74, 6) is -1.43. The molecule has 0 saturated carbocycles. The van der Waals surface area contributed by atoms with E-state index >= 15 is 0 Å². The third-order valence-electron chi connectivity index (χ3n) is 4.51. The Balaban J connectivity index is 0. The van der Waals surface area contributed by atoms with Crippen molar-refractivity contribution in [2.24, 2.45) is 5.92 Å². The minimum atomic E-state index is -0.757. The molecule has 0 bridgehead atoms. The van der Waals surface area contributed by atoms with Crippen LogP contribution in [0.15, 0.2) is 24.3 Å². The van der Waals surface area contributed by atoms with E-state index in [0.717, 1.165) is 18.4 Å². The maximum Gasteiger partial charge on any atom is 0.332 e. The first-order valence-electron chi connectivity index (χ1n) is 11.9. The molecule has 0 aromatic heterocycles. The summed E-state index contributed by atoms with van der Waals surface area (Å²) in [4.78, 5) is 46.1. The fourth-order valence-corrected chi connectivity index (χ4v) is 2.58. The van der Waals surface area contributed by atoms with Crippen LogP contribution in [-0.4, -0.2) is 56.3 Å². The van der Waals surface area contributed by atoms with E-state index in [1.54, 1.807) is 45.0 Å². The minimum Gasteiger partial charge on any atom is -0.520 e. The van der Waals surface area contributed by atoms with Gasteiger partial charge in [0.15, 0.2) is 6.29 Å². The van der Waals surface area contributed by atoms with Crippen molar-refractivity contribution >= 4 is 29.9 Å². The first-order valence-corrected chi connectivity index (χ1v) is 11.9. The van der Waals surface area contributed by atoms with Gasteiger partial charge in [0.25, 0.3) is 0 Å². The normalized spacial score (nSPS) is 11.6. The Labute approximate surface area is 208 Å². The van der Waals surface area contributed by atoms with Gasteiger partial charge < -0.3 is 35.0 Å². The molecule has 0 saturated heterocycles. The number of unbranched alkanes of at least 4 members (excludes halogenated alkanes) is 1. The Morgan fingerprint density at radius 2 is 1.67 bits per heavy atom. The Morgan fingerprint density at radius 3 is 2.22 bits per heavy atom. The van der Waals surface area contributed by atoms with E-state index in [1.807, 2.05) is 20.8 Å². The summed E-state index contributed by atoms with van der Waals surface area (Å²) in [5, 5.41) is 7.47. The van der Waals surface area contributed by atoms with Gasteiger partial charge in [0, 0.05) is 5.69 Å². The van der Waals surface area contributed by atoms with Gasteiger partial charge in [-0.1, -0.05) is 53.2 Å². The van der Waals surface area contributed by atoms with Crippen molar-refractivity contribution < 1.29 is 33.4 Å². The van der Waals surface area contributed by atoms with Gasteiger partial charge in [0.2, 0.25) is 11.8 Å². The molecule has 2 atom stereocenters. The number of esters is 1. The van der Waals surface area contributed by atoms with Crippen molar-refractivity contribution in [3.63, 3.8) is 0 Å². The van der Waals surface area contributed by atoms with Crippen molar-refractivity contribution in [3.05, 3.63) is 29.8 Å². The van der Waals surface area contributed by atoms with Crippen molar-refractivity contribution in [2.75, 3.05) is 25.1 Å². The van der Waals surface area contributed by atoms with Gasteiger partial charge in [0.05, 0.1) is 25.8 Å². The topological polar surface area (TPSA) is 132 Å². The molecule has 0 fully saturated rings. The minimum absolute atomic E-state index is 0. The SMILES string of the molecule is CC.CCCCOC(=O)COC(C)OCc1ccc(NC(=O)CNC(=O)C(N[C-]=O)C(C)C)cc1.[Fm]. The summed E-state index contributed by atoms with van der Waals surface area (Å²) in [7, 11) is 0. The van der Waals surface area contributed by atoms with E-state index < -0.39 is 30.1 Å². The number of ether oxygens (including phenoxy) is 3. The van der Waals surface area contributed by atoms with Crippen LogP contribution in [-0.2, 0) is 40.0 Å². The fraction of sp³-hybridized carbons (Fsp3) is 0.600. The molecular weight excluding hydrogens is 711 g/mol. The van der Waals surface area contributed by atoms with Gasteiger partial charge in [-0.2, -0.15) is 6.41 Å². The molecule has 0 aliphatic carbocycles. The summed E-state index contributed by atoms with van der Waals surface area (Å²) in [6.45, 7) is 11.5. The number of carbonyl (C=O) groups is 3. The van der Waals surface area contributed by atoms with Crippen molar-refractivity contribution in [1.82, 2.24) is 10.6 Å². The molecule has 36 heavy (non-hydrogen) atoms. The average Bonchev–Trinajstić information content (AvgIpc) is 2.85. The molecule has 1 aromatic rings. The maximum atomic E-state index is 12.1. The maximum absolute atomic E-state index is 12.1. The van der Waals surface area contributed by atoms with E-state index in [1.165, 1.54) is 6.41 Å². The Bertz CT molecular complexity index is 761. The molecule has 0 heterocycles. The predicted octanol–water partition coefficient (Wildman–Crippen LogP) is 2.67. The smallest absolute Gasteiger partial charge is 0.332 e. The standard InChI is InChI=1S/C23H34N3O7.C2H6.Fm/c1-5-6-11-31-21(29)14-33-17(4)32-13-18-7-9-19(10-8-18)26-20(28)12-24-23(30)22(16(2)3)25-15-27;1-2;/h7-10,16-17,22H,5-6,11-14H2,1-4H3,(H,24,30)(H,25,27)(H,26,28);1-2H3;/q-1;;. The molecule has 2 unspecified atom stereocenters. The summed E-state index contributed by atoms with van der Waals surface area (Å²) in [6.07, 6.45) is 2.68. The molecular formula is C25H40FmN3O7-. The van der Waals surface area contributed by atoms with Gasteiger partial charge in [-0.15, -0.1) is 0 Å². The van der Waals surface area contributed by atoms with E-state index in [-0.39, 0.29) is 25.7 Å². The number of nitrogens with one attached hydrogen (secondary N) is 3. The van der Waals surface area contributed by atoms with Crippen molar-refractivity contribution in [2.45, 2.75) is 73.3 Å². The number of carbonyl (C=O) groups excluding carboxylic acids is 4. The zero-order valence-corrected chi connectivity index (χ0v) is 24.3. The van der Waals surface area contributed by atoms with Crippen molar-refractivity contribution in [1.29, 1.82) is 0 Å². The van der Waals surface area contributed by atoms with Crippen LogP contribution in [0, 0.1) is 5.92 Å². The Kier molecular flexibility index (Phi) is 19.4. The molecule has 0 radical (unpaired) electrons. The Hall–Kier alpha value is -3.98. The molecule has 0 aliphatic rings. The second-order valence-corrected chi connectivity index (χ2v) is 7.69. The predicted molar refractivity (Wildman–Crippen MR) is 133 cm³/mol. The van der Waals surface area contributed by atoms with E-state index in [9.17, 15) is 19.2 Å². The molecule has 0 spiro atoms. The van der Waals surface area contributed by atoms with E-state index in [2.05, 4.69) is 16.0 Å². The number of benzene rings is 1. The number of anilines is 1. The first-order chi connectivity index (χ1) is 16.8. The van der Waals surface area contributed by atoms with Gasteiger partial charge in [-0.3, -0.25) is 9.59 Å². The van der Waals surface area contributed by atoms with Crippen LogP contribution in [0.3, 0.4) is 0 Å². The number of hydrogen-bond donors (Lipinski definition) is 3. The monoisotopic (exact) mass is 751 g/mol. The van der Waals surface area contributed by atoms with Crippen LogP contribution in [0.2, 0.25) is 0 Å². The summed E-state index contributed by atoms with van der Waals surface area (Å²) < 4.78 is 15.9. The van der Waals surface area contributed by atoms with Crippen LogP contribution in [0.25, 0.3) is 0 Å². The van der Waals surface area contributed by atoms with Crippen LogP contribution >= 0.6 is 0 Å². The zero-order valence-electron chi connectivity index (χ0n) is 21.9. The summed E-state index contributed by atoms with van der Waals surface area (Å²) in [5.41, 5.74) is 1.40. The largest absolute Gasteiger partial charge is 0.520 e. The zero-order chi connectivity index (χ0) is 26.6. The van der Waals surface area contributed by atoms with Crippen LogP contribution in [0.4, 0.5) is 5.69 Å². The first kappa shape index (κ1) is 34.2. The second kappa shape index (κ2) is 20.4. The number of rotatable bonds is 16. The Morgan fingerprint density at radius 1 is 1.03 bits per heavy atom. The third kappa shape index (κ3) is 15.0. The molecule has 0 aliphatic heterocycles. The average molecular weight is 752 g/mol. The van der Waals surface area contributed by atoms with Gasteiger partial charge in [0.1, 0.15) is 6.61 Å². The summed E-state index contributed by atoms with van der Waals surface area (Å²) in [6, 6.07) is 6.20. The molecule has 210 valence electrons. The van der Waals surface area contributed by atoms with Gasteiger partial charge in [-0.25, -0.2) is 4.79 Å². The van der Waals surface area contributed by atoms with Crippen LogP contribution in [0.5, 0.6) is 0 Å². The van der Waals surface area contributed by atoms with Crippen LogP contribution in [0.1, 0.15) is 59.9 Å². The van der Waals surface area contributed by atoms with E-state index in [0.29, 0.717) is 12.3 Å². The molecule has 1 aromatic carbocycles. The van der Waals surface area contributed by atoms with Crippen molar-refractivity contribution in [3.8, 4) is 0 Å². The summed E-state index contributed by atoms with van der Waals surface area (Å²) >= 11 is 0. The third-order valence-corrected chi connectivity index (χ3v) is 4.51. The van der Waals surface area contributed by atoms with E-state index in [4.69, 9.17) is 14.2 Å². The molecule has 11 heteroatoms. The number of hydrogen-bond acceptors (Lipinski definition) is 7. The molecule has 3 N–H and O–H groups in total. The number of amides is 3. The second-order valence-electron chi connectivity index (χ2n) is 7.69. The molecule has 10 nitrogen and oxygen atoms in total. The molecule has 3 amide bonds. The quantitative estimate of drug-likeness (QED) is 0.0779. The fourth-order valence-electron chi connectivity index (χ4n) is 2.58. The molecule has 1 rings (SSSR count). The van der Waals surface area contributed by atoms with Crippen LogP contribution < -0.4 is 16.0 Å². The van der Waals surface area contributed by atoms with Gasteiger partial charge >= 0.3 is 5.97 Å².